The van der Waals surface area contributed by atoms with E-state index >= 15 is 0 Å². The van der Waals surface area contributed by atoms with Crippen LogP contribution in [0.4, 0.5) is 11.6 Å². The molecule has 0 aliphatic heterocycles. The van der Waals surface area contributed by atoms with Crippen LogP contribution in [0.1, 0.15) is 19.8 Å². The molecule has 1 atom stereocenters. The highest BCUT2D eigenvalue weighted by Gasteiger charge is 2.10. The van der Waals surface area contributed by atoms with Crippen LogP contribution in [0.5, 0.6) is 0 Å². The van der Waals surface area contributed by atoms with E-state index in [-0.39, 0.29) is 11.9 Å². The fourth-order valence-corrected chi connectivity index (χ4v) is 1.29. The first-order chi connectivity index (χ1) is 7.19. The van der Waals surface area contributed by atoms with Crippen molar-refractivity contribution in [2.45, 2.75) is 25.8 Å². The van der Waals surface area contributed by atoms with E-state index in [1.807, 2.05) is 0 Å². The molecule has 0 aliphatic rings. The summed E-state index contributed by atoms with van der Waals surface area (Å²) in [5, 5.41) is 3.35. The summed E-state index contributed by atoms with van der Waals surface area (Å²) < 4.78 is 0. The number of halogens is 1. The van der Waals surface area contributed by atoms with E-state index in [9.17, 15) is 0 Å². The van der Waals surface area contributed by atoms with Crippen LogP contribution in [0.25, 0.3) is 0 Å². The smallest absolute Gasteiger partial charge is 0.151 e. The second kappa shape index (κ2) is 5.42. The maximum atomic E-state index is 5.91. The maximum Gasteiger partial charge on any atom is 0.151 e. The lowest BCUT2D eigenvalue weighted by molar-refractivity contribution is 0.752. The second-order valence-electron chi connectivity index (χ2n) is 3.07. The van der Waals surface area contributed by atoms with Gasteiger partial charge in [-0.25, -0.2) is 9.97 Å². The van der Waals surface area contributed by atoms with Gasteiger partial charge >= 0.3 is 0 Å². The predicted octanol–water partition coefficient (Wildman–Crippen LogP) is 1.93. The quantitative estimate of drug-likeness (QED) is 0.768. The molecule has 3 N–H and O–H groups in total. The van der Waals surface area contributed by atoms with Gasteiger partial charge in [0.1, 0.15) is 17.2 Å². The summed E-state index contributed by atoms with van der Waals surface area (Å²) in [6.45, 7) is 2.06. The molecule has 0 saturated heterocycles. The molecule has 1 aromatic rings. The third-order valence-corrected chi connectivity index (χ3v) is 2.28. The van der Waals surface area contributed by atoms with E-state index in [0.717, 1.165) is 12.8 Å². The number of nitrogens with one attached hydrogen (secondary N) is 1. The minimum absolute atomic E-state index is 0.0817. The molecule has 1 rings (SSSR count). The van der Waals surface area contributed by atoms with E-state index in [2.05, 4.69) is 28.1 Å². The number of anilines is 2. The number of nitrogen functional groups attached to an aromatic ring is 1. The van der Waals surface area contributed by atoms with Gasteiger partial charge in [0.25, 0.3) is 0 Å². The zero-order valence-corrected chi connectivity index (χ0v) is 9.25. The molecule has 1 heterocycles. The van der Waals surface area contributed by atoms with Crippen LogP contribution in [0, 0.1) is 12.3 Å². The standard InChI is InChI=1S/C10H13ClN4/c1-3-5-7(4-2)15-10-8(11)9(12)13-6-14-10/h2,6-7H,3,5H2,1H3,(H3,12,13,14,15). The van der Waals surface area contributed by atoms with Gasteiger partial charge in [0.15, 0.2) is 5.82 Å². The van der Waals surface area contributed by atoms with Gasteiger partial charge in [-0.05, 0) is 6.42 Å². The van der Waals surface area contributed by atoms with Gasteiger partial charge in [0.05, 0.1) is 6.04 Å². The Kier molecular flexibility index (Phi) is 4.19. The Bertz CT molecular complexity index is 372. The molecule has 4 nitrogen and oxygen atoms in total. The van der Waals surface area contributed by atoms with Crippen LogP contribution in [0.2, 0.25) is 5.02 Å². The monoisotopic (exact) mass is 224 g/mol. The lowest BCUT2D eigenvalue weighted by atomic mass is 10.2. The molecule has 1 aromatic heterocycles. The lowest BCUT2D eigenvalue weighted by Crippen LogP contribution is -2.18. The number of terminal acetylenes is 1. The van der Waals surface area contributed by atoms with Gasteiger partial charge < -0.3 is 11.1 Å². The van der Waals surface area contributed by atoms with E-state index in [0.29, 0.717) is 10.8 Å². The van der Waals surface area contributed by atoms with Crippen molar-refractivity contribution in [1.29, 1.82) is 0 Å². The average Bonchev–Trinajstić information content (AvgIpc) is 2.24. The predicted molar refractivity (Wildman–Crippen MR) is 62.6 cm³/mol. The Balaban J connectivity index is 2.80. The van der Waals surface area contributed by atoms with Crippen LogP contribution in [0.3, 0.4) is 0 Å². The van der Waals surface area contributed by atoms with Crippen molar-refractivity contribution in [3.8, 4) is 12.3 Å². The van der Waals surface area contributed by atoms with Crippen molar-refractivity contribution in [3.63, 3.8) is 0 Å². The van der Waals surface area contributed by atoms with E-state index in [1.165, 1.54) is 6.33 Å². The highest BCUT2D eigenvalue weighted by Crippen LogP contribution is 2.24. The van der Waals surface area contributed by atoms with Gasteiger partial charge in [-0.15, -0.1) is 6.42 Å². The van der Waals surface area contributed by atoms with Crippen molar-refractivity contribution in [2.75, 3.05) is 11.1 Å². The highest BCUT2D eigenvalue weighted by molar-refractivity contribution is 6.35. The molecule has 15 heavy (non-hydrogen) atoms. The Morgan fingerprint density at radius 1 is 1.67 bits per heavy atom. The molecule has 0 saturated carbocycles. The van der Waals surface area contributed by atoms with Crippen LogP contribution in [-0.4, -0.2) is 16.0 Å². The van der Waals surface area contributed by atoms with E-state index < -0.39 is 0 Å². The summed E-state index contributed by atoms with van der Waals surface area (Å²) in [6.07, 6.45) is 8.56. The fourth-order valence-electron chi connectivity index (χ4n) is 1.13. The highest BCUT2D eigenvalue weighted by atomic mass is 35.5. The molecule has 0 aliphatic carbocycles. The lowest BCUT2D eigenvalue weighted by Gasteiger charge is -2.13. The molecule has 0 aromatic carbocycles. The first-order valence-electron chi connectivity index (χ1n) is 4.67. The number of aromatic nitrogens is 2. The van der Waals surface area contributed by atoms with Crippen molar-refractivity contribution >= 4 is 23.2 Å². The van der Waals surface area contributed by atoms with Crippen LogP contribution >= 0.6 is 11.6 Å². The number of rotatable bonds is 4. The van der Waals surface area contributed by atoms with Crippen molar-refractivity contribution in [3.05, 3.63) is 11.3 Å². The number of nitrogens with zero attached hydrogens (tertiary/aromatic N) is 2. The fraction of sp³-hybridized carbons (Fsp3) is 0.400. The summed E-state index contributed by atoms with van der Waals surface area (Å²) in [5.41, 5.74) is 5.54. The molecule has 80 valence electrons. The summed E-state index contributed by atoms with van der Waals surface area (Å²) in [7, 11) is 0. The number of hydrogen-bond donors (Lipinski definition) is 2. The van der Waals surface area contributed by atoms with Crippen molar-refractivity contribution < 1.29 is 0 Å². The normalized spacial score (nSPS) is 11.8. The first kappa shape index (κ1) is 11.6. The largest absolute Gasteiger partial charge is 0.382 e. The minimum atomic E-state index is -0.0817. The summed E-state index contributed by atoms with van der Waals surface area (Å²) >= 11 is 5.91. The molecule has 1 unspecified atom stereocenters. The summed E-state index contributed by atoms with van der Waals surface area (Å²) in [4.78, 5) is 7.74. The Hall–Kier alpha value is -1.47. The third-order valence-electron chi connectivity index (χ3n) is 1.91. The second-order valence-corrected chi connectivity index (χ2v) is 3.45. The molecular weight excluding hydrogens is 212 g/mol. The van der Waals surface area contributed by atoms with Gasteiger partial charge in [0, 0.05) is 0 Å². The molecule has 0 radical (unpaired) electrons. The van der Waals surface area contributed by atoms with E-state index in [4.69, 9.17) is 23.8 Å². The number of hydrogen-bond acceptors (Lipinski definition) is 4. The third kappa shape index (κ3) is 3.00. The van der Waals surface area contributed by atoms with E-state index in [1.54, 1.807) is 0 Å². The van der Waals surface area contributed by atoms with Gasteiger partial charge in [-0.1, -0.05) is 30.9 Å². The first-order valence-corrected chi connectivity index (χ1v) is 5.05. The van der Waals surface area contributed by atoms with Crippen molar-refractivity contribution in [1.82, 2.24) is 9.97 Å². The molecule has 0 fully saturated rings. The average molecular weight is 225 g/mol. The topological polar surface area (TPSA) is 63.8 Å². The number of nitrogens with two attached hydrogens (primary N) is 1. The van der Waals surface area contributed by atoms with Gasteiger partial charge in [-0.3, -0.25) is 0 Å². The van der Waals surface area contributed by atoms with Crippen molar-refractivity contribution in [2.24, 2.45) is 0 Å². The maximum absolute atomic E-state index is 5.91. The molecular formula is C10H13ClN4. The molecule has 0 amide bonds. The Morgan fingerprint density at radius 2 is 2.40 bits per heavy atom. The zero-order chi connectivity index (χ0) is 11.3. The Labute approximate surface area is 94.3 Å². The van der Waals surface area contributed by atoms with Crippen LogP contribution in [-0.2, 0) is 0 Å². The SMILES string of the molecule is C#CC(CCC)Nc1ncnc(N)c1Cl. The molecule has 0 spiro atoms. The minimum Gasteiger partial charge on any atom is -0.382 e. The summed E-state index contributed by atoms with van der Waals surface area (Å²) in [5.74, 6) is 3.37. The van der Waals surface area contributed by atoms with Crippen LogP contribution < -0.4 is 11.1 Å². The molecule has 0 bridgehead atoms. The zero-order valence-electron chi connectivity index (χ0n) is 8.50. The van der Waals surface area contributed by atoms with Gasteiger partial charge in [0.2, 0.25) is 0 Å². The molecule has 5 heteroatoms. The van der Waals surface area contributed by atoms with Crippen LogP contribution in [0.15, 0.2) is 6.33 Å². The van der Waals surface area contributed by atoms with Gasteiger partial charge in [-0.2, -0.15) is 0 Å². The Morgan fingerprint density at radius 3 is 3.00 bits per heavy atom. The summed E-state index contributed by atoms with van der Waals surface area (Å²) in [6, 6.07) is -0.0817.